The lowest BCUT2D eigenvalue weighted by molar-refractivity contribution is 0.367. The van der Waals surface area contributed by atoms with Crippen LogP contribution in [0.25, 0.3) is 0 Å². The molecule has 4 nitrogen and oxygen atoms in total. The first kappa shape index (κ1) is 13.9. The first-order valence-electron chi connectivity index (χ1n) is 7.35. The molecular weight excluding hydrogens is 264 g/mol. The monoisotopic (exact) mass is 284 g/mol. The molecule has 0 saturated carbocycles. The minimum Gasteiger partial charge on any atom is -0.493 e. The van der Waals surface area contributed by atoms with Gasteiger partial charge in [0.05, 0.1) is 7.11 Å². The molecule has 3 rings (SSSR count). The highest BCUT2D eigenvalue weighted by molar-refractivity contribution is 5.43. The van der Waals surface area contributed by atoms with Crippen molar-refractivity contribution in [2.24, 2.45) is 0 Å². The van der Waals surface area contributed by atoms with Gasteiger partial charge in [-0.25, -0.2) is 4.98 Å². The fourth-order valence-corrected chi connectivity index (χ4v) is 2.74. The summed E-state index contributed by atoms with van der Waals surface area (Å²) in [5.41, 5.74) is 1.19. The Morgan fingerprint density at radius 2 is 1.81 bits per heavy atom. The van der Waals surface area contributed by atoms with Crippen LogP contribution in [0.2, 0.25) is 0 Å². The first-order chi connectivity index (χ1) is 10.4. The highest BCUT2D eigenvalue weighted by atomic mass is 16.5. The quantitative estimate of drug-likeness (QED) is 0.935. The molecule has 1 aliphatic heterocycles. The maximum absolute atomic E-state index is 6.03. The lowest BCUT2D eigenvalue weighted by Gasteiger charge is -2.24. The zero-order valence-electron chi connectivity index (χ0n) is 12.2. The molecular formula is C17H20N2O2. The van der Waals surface area contributed by atoms with Crippen LogP contribution in [-0.4, -0.2) is 25.2 Å². The van der Waals surface area contributed by atoms with Gasteiger partial charge in [-0.05, 0) is 50.0 Å². The predicted molar refractivity (Wildman–Crippen MR) is 82.1 cm³/mol. The number of rotatable bonds is 4. The molecule has 1 aromatic heterocycles. The molecule has 1 fully saturated rings. The third kappa shape index (κ3) is 3.16. The Morgan fingerprint density at radius 1 is 1.05 bits per heavy atom. The second-order valence-corrected chi connectivity index (χ2v) is 5.17. The summed E-state index contributed by atoms with van der Waals surface area (Å²) in [6.07, 6.45) is 4.01. The van der Waals surface area contributed by atoms with Crippen LogP contribution in [0, 0.1) is 0 Å². The topological polar surface area (TPSA) is 43.4 Å². The number of hydrogen-bond donors (Lipinski definition) is 1. The van der Waals surface area contributed by atoms with Gasteiger partial charge in [-0.15, -0.1) is 0 Å². The van der Waals surface area contributed by atoms with E-state index in [0.717, 1.165) is 31.7 Å². The minimum absolute atomic E-state index is 0.504. The standard InChI is InChI=1S/C17H20N2O2/c1-20-15-6-2-3-7-16(15)21-17-14(5-4-10-19-17)13-8-11-18-12-9-13/h2-7,10,13,18H,8-9,11-12H2,1H3. The molecule has 2 heterocycles. The van der Waals surface area contributed by atoms with Crippen molar-refractivity contribution < 1.29 is 9.47 Å². The van der Waals surface area contributed by atoms with Gasteiger partial charge in [0.15, 0.2) is 11.5 Å². The lowest BCUT2D eigenvalue weighted by atomic mass is 9.91. The van der Waals surface area contributed by atoms with Crippen molar-refractivity contribution in [1.29, 1.82) is 0 Å². The Bertz CT molecular complexity index is 595. The van der Waals surface area contributed by atoms with Crippen molar-refractivity contribution in [3.05, 3.63) is 48.2 Å². The third-order valence-corrected chi connectivity index (χ3v) is 3.86. The lowest BCUT2D eigenvalue weighted by Crippen LogP contribution is -2.26. The number of pyridine rings is 1. The van der Waals surface area contributed by atoms with E-state index in [4.69, 9.17) is 9.47 Å². The van der Waals surface area contributed by atoms with Crippen molar-refractivity contribution >= 4 is 0 Å². The van der Waals surface area contributed by atoms with E-state index in [9.17, 15) is 0 Å². The molecule has 0 atom stereocenters. The number of aromatic nitrogens is 1. The molecule has 1 saturated heterocycles. The van der Waals surface area contributed by atoms with Gasteiger partial charge in [0.2, 0.25) is 5.88 Å². The molecule has 0 bridgehead atoms. The number of hydrogen-bond acceptors (Lipinski definition) is 4. The summed E-state index contributed by atoms with van der Waals surface area (Å²) in [4.78, 5) is 4.43. The Labute approximate surface area is 125 Å². The van der Waals surface area contributed by atoms with Crippen molar-refractivity contribution in [3.63, 3.8) is 0 Å². The fourth-order valence-electron chi connectivity index (χ4n) is 2.74. The molecule has 1 aliphatic rings. The van der Waals surface area contributed by atoms with E-state index in [1.807, 2.05) is 30.3 Å². The molecule has 21 heavy (non-hydrogen) atoms. The molecule has 0 unspecified atom stereocenters. The van der Waals surface area contributed by atoms with E-state index in [1.54, 1.807) is 13.3 Å². The van der Waals surface area contributed by atoms with Crippen LogP contribution in [0.3, 0.4) is 0 Å². The number of methoxy groups -OCH3 is 1. The molecule has 0 amide bonds. The highest BCUT2D eigenvalue weighted by Gasteiger charge is 2.20. The van der Waals surface area contributed by atoms with Crippen molar-refractivity contribution in [3.8, 4) is 17.4 Å². The SMILES string of the molecule is COc1ccccc1Oc1ncccc1C1CCNCC1. The number of ether oxygens (including phenoxy) is 2. The average Bonchev–Trinajstić information content (AvgIpc) is 2.57. The normalized spacial score (nSPS) is 15.7. The fraction of sp³-hybridized carbons (Fsp3) is 0.353. The Kier molecular flexibility index (Phi) is 4.36. The van der Waals surface area contributed by atoms with Crippen LogP contribution in [0.1, 0.15) is 24.3 Å². The Morgan fingerprint density at radius 3 is 2.57 bits per heavy atom. The summed E-state index contributed by atoms with van der Waals surface area (Å²) in [5.74, 6) is 2.62. The Balaban J connectivity index is 1.88. The molecule has 4 heteroatoms. The van der Waals surface area contributed by atoms with Crippen LogP contribution in [0.5, 0.6) is 17.4 Å². The summed E-state index contributed by atoms with van der Waals surface area (Å²) >= 11 is 0. The van der Waals surface area contributed by atoms with Crippen LogP contribution >= 0.6 is 0 Å². The van der Waals surface area contributed by atoms with Gasteiger partial charge in [-0.2, -0.15) is 0 Å². The molecule has 0 radical (unpaired) electrons. The molecule has 0 spiro atoms. The van der Waals surface area contributed by atoms with E-state index in [0.29, 0.717) is 17.5 Å². The zero-order valence-corrected chi connectivity index (χ0v) is 12.2. The molecule has 1 N–H and O–H groups in total. The van der Waals surface area contributed by atoms with Gasteiger partial charge in [0.25, 0.3) is 0 Å². The Hall–Kier alpha value is -2.07. The number of nitrogens with one attached hydrogen (secondary N) is 1. The number of nitrogens with zero attached hydrogens (tertiary/aromatic N) is 1. The molecule has 2 aromatic rings. The number of piperidine rings is 1. The van der Waals surface area contributed by atoms with E-state index >= 15 is 0 Å². The van der Waals surface area contributed by atoms with Gasteiger partial charge in [0, 0.05) is 11.8 Å². The van der Waals surface area contributed by atoms with E-state index in [-0.39, 0.29) is 0 Å². The highest BCUT2D eigenvalue weighted by Crippen LogP contribution is 2.36. The van der Waals surface area contributed by atoms with Crippen LogP contribution in [-0.2, 0) is 0 Å². The third-order valence-electron chi connectivity index (χ3n) is 3.86. The molecule has 110 valence electrons. The summed E-state index contributed by atoms with van der Waals surface area (Å²) in [5, 5.41) is 3.39. The molecule has 0 aliphatic carbocycles. The second kappa shape index (κ2) is 6.59. The predicted octanol–water partition coefficient (Wildman–Crippen LogP) is 3.35. The van der Waals surface area contributed by atoms with Crippen molar-refractivity contribution in [2.75, 3.05) is 20.2 Å². The largest absolute Gasteiger partial charge is 0.493 e. The van der Waals surface area contributed by atoms with Gasteiger partial charge in [0.1, 0.15) is 0 Å². The minimum atomic E-state index is 0.504. The van der Waals surface area contributed by atoms with Gasteiger partial charge < -0.3 is 14.8 Å². The zero-order chi connectivity index (χ0) is 14.5. The molecule has 1 aromatic carbocycles. The second-order valence-electron chi connectivity index (χ2n) is 5.17. The maximum atomic E-state index is 6.03. The summed E-state index contributed by atoms with van der Waals surface area (Å²) in [6.45, 7) is 2.10. The smallest absolute Gasteiger partial charge is 0.222 e. The van der Waals surface area contributed by atoms with E-state index in [2.05, 4.69) is 16.4 Å². The first-order valence-corrected chi connectivity index (χ1v) is 7.35. The summed E-state index contributed by atoms with van der Waals surface area (Å²) in [6, 6.07) is 11.8. The van der Waals surface area contributed by atoms with Gasteiger partial charge >= 0.3 is 0 Å². The summed E-state index contributed by atoms with van der Waals surface area (Å²) in [7, 11) is 1.65. The number of para-hydroxylation sites is 2. The van der Waals surface area contributed by atoms with Crippen molar-refractivity contribution in [1.82, 2.24) is 10.3 Å². The van der Waals surface area contributed by atoms with Crippen molar-refractivity contribution in [2.45, 2.75) is 18.8 Å². The van der Waals surface area contributed by atoms with Crippen LogP contribution in [0.4, 0.5) is 0 Å². The summed E-state index contributed by atoms with van der Waals surface area (Å²) < 4.78 is 11.4. The van der Waals surface area contributed by atoms with Gasteiger partial charge in [-0.3, -0.25) is 0 Å². The van der Waals surface area contributed by atoms with Gasteiger partial charge in [-0.1, -0.05) is 18.2 Å². The maximum Gasteiger partial charge on any atom is 0.222 e. The number of benzene rings is 1. The van der Waals surface area contributed by atoms with E-state index < -0.39 is 0 Å². The van der Waals surface area contributed by atoms with E-state index in [1.165, 1.54) is 5.56 Å². The van der Waals surface area contributed by atoms with Crippen LogP contribution < -0.4 is 14.8 Å². The average molecular weight is 284 g/mol. The van der Waals surface area contributed by atoms with Crippen LogP contribution in [0.15, 0.2) is 42.6 Å².